The normalized spacial score (nSPS) is 27.8. The van der Waals surface area contributed by atoms with E-state index in [0.717, 1.165) is 31.8 Å². The molecule has 3 N–H and O–H groups in total. The third-order valence-corrected chi connectivity index (χ3v) is 8.38. The van der Waals surface area contributed by atoms with Gasteiger partial charge in [-0.3, -0.25) is 24.0 Å². The fraction of sp³-hybridized carbons (Fsp3) is 0.741. The van der Waals surface area contributed by atoms with Gasteiger partial charge in [-0.2, -0.15) is 0 Å². The zero-order valence-electron chi connectivity index (χ0n) is 22.1. The molecule has 1 unspecified atom stereocenters. The van der Waals surface area contributed by atoms with Gasteiger partial charge >= 0.3 is 0 Å². The second-order valence-corrected chi connectivity index (χ2v) is 12.8. The van der Waals surface area contributed by atoms with E-state index in [4.69, 9.17) is 0 Å². The standard InChI is InChI=1S/C27H40N4O5/c1-7-18(32)30-22(26(2,3)4)25(36)31-13-16-19(27(16,5)6)20(31)23(34)29-17(12-14-8-9-14)21(33)24(35)28-15-10-11-15/h7,14-17,19-20,22H,1,8-13H2,2-6H3,(H,28,35)(H,29,34)(H,30,32)/t16-,17?,19-,20-,22+/m0/s1. The quantitative estimate of drug-likeness (QED) is 0.308. The molecule has 0 radical (unpaired) electrons. The van der Waals surface area contributed by atoms with Crippen molar-refractivity contribution in [1.29, 1.82) is 0 Å². The zero-order chi connectivity index (χ0) is 26.6. The molecule has 0 bridgehead atoms. The molecule has 0 aromatic carbocycles. The molecule has 3 saturated carbocycles. The summed E-state index contributed by atoms with van der Waals surface area (Å²) in [6.45, 7) is 13.6. The highest BCUT2D eigenvalue weighted by molar-refractivity contribution is 6.38. The molecule has 1 saturated heterocycles. The number of amides is 4. The molecule has 3 aliphatic carbocycles. The monoisotopic (exact) mass is 500 g/mol. The van der Waals surface area contributed by atoms with Gasteiger partial charge in [0.15, 0.2) is 0 Å². The number of carbonyl (C=O) groups excluding carboxylic acids is 5. The van der Waals surface area contributed by atoms with Gasteiger partial charge in [-0.15, -0.1) is 0 Å². The Morgan fingerprint density at radius 3 is 2.22 bits per heavy atom. The highest BCUT2D eigenvalue weighted by Gasteiger charge is 2.70. The Bertz CT molecular complexity index is 975. The van der Waals surface area contributed by atoms with Crippen LogP contribution in [0.3, 0.4) is 0 Å². The van der Waals surface area contributed by atoms with Crippen molar-refractivity contribution < 1.29 is 24.0 Å². The molecule has 1 aliphatic heterocycles. The van der Waals surface area contributed by atoms with E-state index >= 15 is 0 Å². The molecule has 198 valence electrons. The van der Waals surface area contributed by atoms with Crippen molar-refractivity contribution in [2.75, 3.05) is 6.54 Å². The van der Waals surface area contributed by atoms with Crippen molar-refractivity contribution in [3.8, 4) is 0 Å². The van der Waals surface area contributed by atoms with Crippen molar-refractivity contribution >= 4 is 29.4 Å². The molecule has 0 aromatic rings. The number of ketones is 1. The Balaban J connectivity index is 1.54. The molecule has 4 aliphatic rings. The van der Waals surface area contributed by atoms with E-state index in [1.54, 1.807) is 4.90 Å². The predicted molar refractivity (Wildman–Crippen MR) is 133 cm³/mol. The lowest BCUT2D eigenvalue weighted by Crippen LogP contribution is -2.60. The minimum atomic E-state index is -0.902. The van der Waals surface area contributed by atoms with Crippen LogP contribution >= 0.6 is 0 Å². The number of Topliss-reactive ketones (excluding diaryl/α,β-unsaturated/α-hetero) is 1. The summed E-state index contributed by atoms with van der Waals surface area (Å²) in [6, 6.07) is -2.45. The Labute approximate surface area is 213 Å². The van der Waals surface area contributed by atoms with E-state index in [9.17, 15) is 24.0 Å². The highest BCUT2D eigenvalue weighted by Crippen LogP contribution is 2.65. The second-order valence-electron chi connectivity index (χ2n) is 12.8. The topological polar surface area (TPSA) is 125 Å². The number of piperidine rings is 1. The van der Waals surface area contributed by atoms with E-state index in [2.05, 4.69) is 36.4 Å². The minimum absolute atomic E-state index is 0.0471. The number of hydrogen-bond acceptors (Lipinski definition) is 5. The molecule has 36 heavy (non-hydrogen) atoms. The summed E-state index contributed by atoms with van der Waals surface area (Å²) in [4.78, 5) is 66.6. The van der Waals surface area contributed by atoms with Gasteiger partial charge in [0, 0.05) is 12.6 Å². The molecule has 0 spiro atoms. The summed E-state index contributed by atoms with van der Waals surface area (Å²) in [5, 5.41) is 8.34. The molecule has 4 fully saturated rings. The SMILES string of the molecule is C=CC(=O)N[C@H](C(=O)N1C[C@H]2[C@@H]([C@H]1C(=O)NC(CC1CC1)C(=O)C(=O)NC1CC1)C2(C)C)C(C)(C)C. The van der Waals surface area contributed by atoms with Crippen molar-refractivity contribution in [3.05, 3.63) is 12.7 Å². The molecule has 5 atom stereocenters. The molecule has 4 rings (SSSR count). The number of rotatable bonds is 10. The average molecular weight is 501 g/mol. The van der Waals surface area contributed by atoms with Gasteiger partial charge in [0.05, 0.1) is 6.04 Å². The van der Waals surface area contributed by atoms with Gasteiger partial charge in [0.1, 0.15) is 12.1 Å². The summed E-state index contributed by atoms with van der Waals surface area (Å²) in [5.74, 6) is -2.01. The van der Waals surface area contributed by atoms with Crippen LogP contribution in [-0.4, -0.2) is 65.0 Å². The van der Waals surface area contributed by atoms with Crippen LogP contribution in [0.15, 0.2) is 12.7 Å². The lowest BCUT2D eigenvalue weighted by molar-refractivity contribution is -0.146. The summed E-state index contributed by atoms with van der Waals surface area (Å²) in [6.07, 6.45) is 5.25. The molecule has 9 nitrogen and oxygen atoms in total. The smallest absolute Gasteiger partial charge is 0.289 e. The first-order chi connectivity index (χ1) is 16.8. The fourth-order valence-electron chi connectivity index (χ4n) is 5.65. The minimum Gasteiger partial charge on any atom is -0.347 e. The van der Waals surface area contributed by atoms with Gasteiger partial charge in [-0.1, -0.05) is 54.0 Å². The van der Waals surface area contributed by atoms with Crippen molar-refractivity contribution in [2.24, 2.45) is 28.6 Å². The number of likely N-dealkylation sites (tertiary alicyclic amines) is 1. The maximum Gasteiger partial charge on any atom is 0.289 e. The highest BCUT2D eigenvalue weighted by atomic mass is 16.2. The second kappa shape index (κ2) is 9.30. The largest absolute Gasteiger partial charge is 0.347 e. The van der Waals surface area contributed by atoms with Gasteiger partial charge in [-0.25, -0.2) is 0 Å². The van der Waals surface area contributed by atoms with Crippen LogP contribution in [-0.2, 0) is 24.0 Å². The van der Waals surface area contributed by atoms with Crippen molar-refractivity contribution in [1.82, 2.24) is 20.9 Å². The van der Waals surface area contributed by atoms with E-state index in [0.29, 0.717) is 18.9 Å². The van der Waals surface area contributed by atoms with Crippen LogP contribution in [0.25, 0.3) is 0 Å². The van der Waals surface area contributed by atoms with E-state index in [-0.39, 0.29) is 29.2 Å². The van der Waals surface area contributed by atoms with Gasteiger partial charge in [0.2, 0.25) is 23.5 Å². The maximum atomic E-state index is 13.7. The zero-order valence-corrected chi connectivity index (χ0v) is 22.1. The summed E-state index contributed by atoms with van der Waals surface area (Å²) < 4.78 is 0. The third kappa shape index (κ3) is 5.34. The van der Waals surface area contributed by atoms with Crippen LogP contribution in [0.1, 0.15) is 66.7 Å². The number of nitrogens with zero attached hydrogens (tertiary/aromatic N) is 1. The maximum absolute atomic E-state index is 13.7. The Hall–Kier alpha value is -2.71. The van der Waals surface area contributed by atoms with Crippen LogP contribution in [0.4, 0.5) is 0 Å². The Morgan fingerprint density at radius 1 is 1.06 bits per heavy atom. The van der Waals surface area contributed by atoms with Gasteiger partial charge in [-0.05, 0) is 53.9 Å². The van der Waals surface area contributed by atoms with Crippen molar-refractivity contribution in [2.45, 2.75) is 90.9 Å². The van der Waals surface area contributed by atoms with Gasteiger partial charge < -0.3 is 20.9 Å². The van der Waals surface area contributed by atoms with Crippen LogP contribution in [0.2, 0.25) is 0 Å². The Morgan fingerprint density at radius 2 is 1.69 bits per heavy atom. The molecular weight excluding hydrogens is 460 g/mol. The van der Waals surface area contributed by atoms with Crippen LogP contribution in [0, 0.1) is 28.6 Å². The molecule has 4 amide bonds. The van der Waals surface area contributed by atoms with Gasteiger partial charge in [0.25, 0.3) is 5.91 Å². The molecular formula is C27H40N4O5. The predicted octanol–water partition coefficient (Wildman–Crippen LogP) is 1.32. The van der Waals surface area contributed by atoms with E-state index < -0.39 is 47.0 Å². The first-order valence-electron chi connectivity index (χ1n) is 13.1. The lowest BCUT2D eigenvalue weighted by Gasteiger charge is -2.37. The average Bonchev–Trinajstić information content (AvgIpc) is 3.75. The summed E-state index contributed by atoms with van der Waals surface area (Å²) >= 11 is 0. The number of carbonyl (C=O) groups is 5. The van der Waals surface area contributed by atoms with E-state index in [1.807, 2.05) is 20.8 Å². The lowest BCUT2D eigenvalue weighted by atomic mass is 9.85. The number of fused-ring (bicyclic) bond motifs is 1. The first-order valence-corrected chi connectivity index (χ1v) is 13.1. The number of hydrogen-bond donors (Lipinski definition) is 3. The Kier molecular flexibility index (Phi) is 6.81. The van der Waals surface area contributed by atoms with Crippen molar-refractivity contribution in [3.63, 3.8) is 0 Å². The first kappa shape index (κ1) is 26.4. The third-order valence-electron chi connectivity index (χ3n) is 8.38. The fourth-order valence-corrected chi connectivity index (χ4v) is 5.65. The number of nitrogens with one attached hydrogen (secondary N) is 3. The summed E-state index contributed by atoms with van der Waals surface area (Å²) in [5.41, 5.74) is -0.704. The van der Waals surface area contributed by atoms with Crippen LogP contribution in [0.5, 0.6) is 0 Å². The summed E-state index contributed by atoms with van der Waals surface area (Å²) in [7, 11) is 0. The molecule has 1 heterocycles. The van der Waals surface area contributed by atoms with Crippen LogP contribution < -0.4 is 16.0 Å². The molecule has 9 heteroatoms. The molecule has 0 aromatic heterocycles. The van der Waals surface area contributed by atoms with E-state index in [1.165, 1.54) is 0 Å².